The zero-order valence-corrected chi connectivity index (χ0v) is 19.5. The summed E-state index contributed by atoms with van der Waals surface area (Å²) in [6.07, 6.45) is -1.89. The lowest BCUT2D eigenvalue weighted by Gasteiger charge is -2.35. The lowest BCUT2D eigenvalue weighted by Crippen LogP contribution is -2.47. The fourth-order valence-corrected chi connectivity index (χ4v) is 4.11. The van der Waals surface area contributed by atoms with Crippen molar-refractivity contribution >= 4 is 22.5 Å². The Bertz CT molecular complexity index is 986. The summed E-state index contributed by atoms with van der Waals surface area (Å²) in [5.41, 5.74) is 1.35. The standard InChI is InChI=1S/C24H32F3N3O3/c1-5-23(2,3)20(14-31)29-22(32)16-10-15-11-18(33-4)12-19(21(15)28-13-16)30-8-6-17(7-9-30)24(25,26)27/h10-13,17,20,31H,5-9,14H2,1-4H3,(H,29,32)/t20-/m0/s1. The van der Waals surface area contributed by atoms with Crippen LogP contribution in [0.3, 0.4) is 0 Å². The number of aliphatic hydroxyl groups is 1. The number of aliphatic hydroxyl groups excluding tert-OH is 1. The number of carbonyl (C=O) groups is 1. The molecule has 0 aliphatic carbocycles. The van der Waals surface area contributed by atoms with Crippen LogP contribution in [-0.2, 0) is 0 Å². The number of aromatic nitrogens is 1. The number of carbonyl (C=O) groups excluding carboxylic acids is 1. The van der Waals surface area contributed by atoms with Gasteiger partial charge in [-0.25, -0.2) is 0 Å². The third-order valence-corrected chi connectivity index (χ3v) is 6.88. The summed E-state index contributed by atoms with van der Waals surface area (Å²) in [6.45, 7) is 6.30. The lowest BCUT2D eigenvalue weighted by atomic mass is 9.82. The smallest absolute Gasteiger partial charge is 0.391 e. The number of nitrogens with zero attached hydrogens (tertiary/aromatic N) is 2. The first-order valence-electron chi connectivity index (χ1n) is 11.2. The van der Waals surface area contributed by atoms with Crippen LogP contribution in [-0.4, -0.2) is 55.0 Å². The van der Waals surface area contributed by atoms with Gasteiger partial charge in [-0.05, 0) is 36.8 Å². The highest BCUT2D eigenvalue weighted by Gasteiger charge is 2.41. The van der Waals surface area contributed by atoms with Crippen molar-refractivity contribution in [1.82, 2.24) is 10.3 Å². The van der Waals surface area contributed by atoms with E-state index in [4.69, 9.17) is 4.74 Å². The van der Waals surface area contributed by atoms with Crippen LogP contribution < -0.4 is 15.0 Å². The molecule has 3 rings (SSSR count). The van der Waals surface area contributed by atoms with Crippen LogP contribution in [0.5, 0.6) is 5.75 Å². The SMILES string of the molecule is CCC(C)(C)[C@H](CO)NC(=O)c1cnc2c(N3CCC(C(F)(F)F)CC3)cc(OC)cc2c1. The zero-order valence-electron chi connectivity index (χ0n) is 19.5. The van der Waals surface area contributed by atoms with Crippen LogP contribution in [0.15, 0.2) is 24.4 Å². The third kappa shape index (κ3) is 5.51. The van der Waals surface area contributed by atoms with Gasteiger partial charge >= 0.3 is 6.18 Å². The topological polar surface area (TPSA) is 74.7 Å². The molecule has 2 aromatic rings. The van der Waals surface area contributed by atoms with Gasteiger partial charge in [0.05, 0.1) is 42.4 Å². The summed E-state index contributed by atoms with van der Waals surface area (Å²) in [4.78, 5) is 19.3. The van der Waals surface area contributed by atoms with Crippen molar-refractivity contribution in [3.8, 4) is 5.75 Å². The van der Waals surface area contributed by atoms with Crippen molar-refractivity contribution in [3.05, 3.63) is 30.0 Å². The molecule has 2 N–H and O–H groups in total. The van der Waals surface area contributed by atoms with Crippen molar-refractivity contribution in [3.63, 3.8) is 0 Å². The molecular weight excluding hydrogens is 435 g/mol. The molecule has 1 aliphatic rings. The van der Waals surface area contributed by atoms with E-state index in [1.54, 1.807) is 18.2 Å². The zero-order chi connectivity index (χ0) is 24.4. The number of methoxy groups -OCH3 is 1. The maximum absolute atomic E-state index is 13.1. The largest absolute Gasteiger partial charge is 0.497 e. The van der Waals surface area contributed by atoms with Crippen molar-refractivity contribution in [2.24, 2.45) is 11.3 Å². The molecule has 0 spiro atoms. The summed E-state index contributed by atoms with van der Waals surface area (Å²) >= 11 is 0. The van der Waals surface area contributed by atoms with Gasteiger partial charge in [-0.1, -0.05) is 20.8 Å². The minimum atomic E-state index is -4.18. The number of nitrogens with one attached hydrogen (secondary N) is 1. The quantitative estimate of drug-likeness (QED) is 0.625. The Morgan fingerprint density at radius 2 is 1.94 bits per heavy atom. The van der Waals surface area contributed by atoms with E-state index in [0.29, 0.717) is 27.9 Å². The molecule has 9 heteroatoms. The Kier molecular flexibility index (Phi) is 7.41. The molecule has 0 radical (unpaired) electrons. The van der Waals surface area contributed by atoms with Gasteiger partial charge in [0.25, 0.3) is 5.91 Å². The maximum atomic E-state index is 13.1. The first-order chi connectivity index (χ1) is 15.5. The Morgan fingerprint density at radius 1 is 1.27 bits per heavy atom. The molecule has 1 aromatic carbocycles. The van der Waals surface area contributed by atoms with E-state index in [1.165, 1.54) is 13.3 Å². The second kappa shape index (κ2) is 9.75. The molecule has 1 saturated heterocycles. The number of rotatable bonds is 7. The number of ether oxygens (including phenoxy) is 1. The van der Waals surface area contributed by atoms with Crippen LogP contribution in [0, 0.1) is 11.3 Å². The minimum absolute atomic E-state index is 0.0262. The summed E-state index contributed by atoms with van der Waals surface area (Å²) in [5, 5.41) is 13.3. The molecule has 1 atom stereocenters. The number of pyridine rings is 1. The Labute approximate surface area is 192 Å². The normalized spacial score (nSPS) is 16.7. The molecule has 6 nitrogen and oxygen atoms in total. The van der Waals surface area contributed by atoms with Crippen molar-refractivity contribution in [2.45, 2.75) is 52.3 Å². The van der Waals surface area contributed by atoms with Gasteiger partial charge in [-0.3, -0.25) is 9.78 Å². The Morgan fingerprint density at radius 3 is 2.48 bits per heavy atom. The molecule has 1 aliphatic heterocycles. The van der Waals surface area contributed by atoms with E-state index in [1.807, 2.05) is 25.7 Å². The van der Waals surface area contributed by atoms with Gasteiger partial charge in [0.15, 0.2) is 0 Å². The third-order valence-electron chi connectivity index (χ3n) is 6.88. The average Bonchev–Trinajstić information content (AvgIpc) is 2.80. The number of halogens is 3. The fourth-order valence-electron chi connectivity index (χ4n) is 4.11. The number of piperidine rings is 1. The van der Waals surface area contributed by atoms with Crippen LogP contribution in [0.1, 0.15) is 50.4 Å². The summed E-state index contributed by atoms with van der Waals surface area (Å²) in [7, 11) is 1.52. The molecular formula is C24H32F3N3O3. The van der Waals surface area contributed by atoms with Gasteiger partial charge in [0.2, 0.25) is 0 Å². The van der Waals surface area contributed by atoms with Crippen molar-refractivity contribution in [2.75, 3.05) is 31.7 Å². The number of hydrogen-bond donors (Lipinski definition) is 2. The molecule has 1 amide bonds. The molecule has 2 heterocycles. The van der Waals surface area contributed by atoms with E-state index in [-0.39, 0.29) is 43.9 Å². The van der Waals surface area contributed by atoms with Crippen LogP contribution >= 0.6 is 0 Å². The van der Waals surface area contributed by atoms with Crippen LogP contribution in [0.25, 0.3) is 10.9 Å². The lowest BCUT2D eigenvalue weighted by molar-refractivity contribution is -0.179. The summed E-state index contributed by atoms with van der Waals surface area (Å²) < 4.78 is 44.6. The predicted octanol–water partition coefficient (Wildman–Crippen LogP) is 4.55. The highest BCUT2D eigenvalue weighted by atomic mass is 19.4. The minimum Gasteiger partial charge on any atom is -0.497 e. The number of benzene rings is 1. The van der Waals surface area contributed by atoms with Crippen LogP contribution in [0.2, 0.25) is 0 Å². The second-order valence-corrected chi connectivity index (χ2v) is 9.30. The van der Waals surface area contributed by atoms with Gasteiger partial charge in [0, 0.05) is 30.7 Å². The number of anilines is 1. The summed E-state index contributed by atoms with van der Waals surface area (Å²) in [5.74, 6) is -1.10. The van der Waals surface area contributed by atoms with E-state index in [0.717, 1.165) is 6.42 Å². The van der Waals surface area contributed by atoms with Gasteiger partial charge in [0.1, 0.15) is 5.75 Å². The van der Waals surface area contributed by atoms with Crippen molar-refractivity contribution < 1.29 is 27.8 Å². The average molecular weight is 468 g/mol. The monoisotopic (exact) mass is 467 g/mol. The number of amides is 1. The van der Waals surface area contributed by atoms with Gasteiger partial charge < -0.3 is 20.1 Å². The Hall–Kier alpha value is -2.55. The van der Waals surface area contributed by atoms with Gasteiger partial charge in [-0.15, -0.1) is 0 Å². The molecule has 0 unspecified atom stereocenters. The molecule has 182 valence electrons. The van der Waals surface area contributed by atoms with E-state index >= 15 is 0 Å². The first-order valence-corrected chi connectivity index (χ1v) is 11.2. The highest BCUT2D eigenvalue weighted by Crippen LogP contribution is 2.38. The summed E-state index contributed by atoms with van der Waals surface area (Å²) in [6, 6.07) is 4.81. The van der Waals surface area contributed by atoms with E-state index in [2.05, 4.69) is 10.3 Å². The predicted molar refractivity (Wildman–Crippen MR) is 122 cm³/mol. The Balaban J connectivity index is 1.89. The fraction of sp³-hybridized carbons (Fsp3) is 0.583. The maximum Gasteiger partial charge on any atom is 0.391 e. The van der Waals surface area contributed by atoms with Gasteiger partial charge in [-0.2, -0.15) is 13.2 Å². The van der Waals surface area contributed by atoms with E-state index in [9.17, 15) is 23.1 Å². The number of fused-ring (bicyclic) bond motifs is 1. The molecule has 0 bridgehead atoms. The molecule has 33 heavy (non-hydrogen) atoms. The number of alkyl halides is 3. The van der Waals surface area contributed by atoms with E-state index < -0.39 is 18.1 Å². The van der Waals surface area contributed by atoms with Crippen LogP contribution in [0.4, 0.5) is 18.9 Å². The molecule has 1 fully saturated rings. The molecule has 1 aromatic heterocycles. The second-order valence-electron chi connectivity index (χ2n) is 9.30. The first kappa shape index (κ1) is 25.1. The molecule has 0 saturated carbocycles. The number of hydrogen-bond acceptors (Lipinski definition) is 5. The van der Waals surface area contributed by atoms with Crippen molar-refractivity contribution in [1.29, 1.82) is 0 Å². The highest BCUT2D eigenvalue weighted by molar-refractivity contribution is 6.00.